The first-order chi connectivity index (χ1) is 7.70. The Bertz CT molecular complexity index is 419. The van der Waals surface area contributed by atoms with E-state index in [1.165, 1.54) is 0 Å². The monoisotopic (exact) mass is 238 g/mol. The van der Waals surface area contributed by atoms with E-state index in [1.54, 1.807) is 4.90 Å². The van der Waals surface area contributed by atoms with Crippen LogP contribution in [0.15, 0.2) is 18.2 Å². The molecule has 1 aromatic rings. The van der Waals surface area contributed by atoms with Gasteiger partial charge in [-0.25, -0.2) is 0 Å². The summed E-state index contributed by atoms with van der Waals surface area (Å²) in [6.45, 7) is 5.36. The van der Waals surface area contributed by atoms with Crippen LogP contribution in [0.1, 0.15) is 25.5 Å². The first kappa shape index (κ1) is 11.4. The van der Waals surface area contributed by atoms with Crippen molar-refractivity contribution in [3.8, 4) is 0 Å². The average Bonchev–Trinajstić information content (AvgIpc) is 2.54. The Hall–Kier alpha value is -1.06. The second-order valence-corrected chi connectivity index (χ2v) is 4.16. The Labute approximate surface area is 100 Å². The molecule has 1 aliphatic heterocycles. The molecule has 1 heterocycles. The van der Waals surface area contributed by atoms with E-state index in [4.69, 9.17) is 11.6 Å². The lowest BCUT2D eigenvalue weighted by Crippen LogP contribution is -2.34. The summed E-state index contributed by atoms with van der Waals surface area (Å²) in [6.07, 6.45) is 0. The minimum absolute atomic E-state index is 0.0902. The molecule has 3 nitrogen and oxygen atoms in total. The molecule has 86 valence electrons. The number of nitrogens with one attached hydrogen (secondary N) is 1. The second-order valence-electron chi connectivity index (χ2n) is 3.75. The lowest BCUT2D eigenvalue weighted by atomic mass is 10.1. The van der Waals surface area contributed by atoms with Gasteiger partial charge in [0.05, 0.1) is 10.7 Å². The molecule has 16 heavy (non-hydrogen) atoms. The van der Waals surface area contributed by atoms with Gasteiger partial charge in [0.25, 0.3) is 0 Å². The number of nitrogens with zero attached hydrogens (tertiary/aromatic N) is 1. The van der Waals surface area contributed by atoms with E-state index in [0.29, 0.717) is 11.6 Å². The van der Waals surface area contributed by atoms with Crippen LogP contribution in [0.4, 0.5) is 5.69 Å². The fraction of sp³-hybridized carbons (Fsp3) is 0.417. The molecule has 2 rings (SSSR count). The van der Waals surface area contributed by atoms with Crippen molar-refractivity contribution in [2.24, 2.45) is 0 Å². The number of benzene rings is 1. The molecular weight excluding hydrogens is 224 g/mol. The fourth-order valence-corrected chi connectivity index (χ4v) is 2.45. The highest BCUT2D eigenvalue weighted by molar-refractivity contribution is 6.34. The Morgan fingerprint density at radius 2 is 2.19 bits per heavy atom. The number of halogens is 1. The largest absolute Gasteiger partial charge is 0.309 e. The Balaban J connectivity index is 2.50. The molecule has 0 radical (unpaired) electrons. The predicted octanol–water partition coefficient (Wildman–Crippen LogP) is 2.36. The fourth-order valence-electron chi connectivity index (χ4n) is 2.16. The summed E-state index contributed by atoms with van der Waals surface area (Å²) in [7, 11) is 0. The summed E-state index contributed by atoms with van der Waals surface area (Å²) in [5, 5.41) is 3.84. The van der Waals surface area contributed by atoms with Gasteiger partial charge in [0, 0.05) is 12.1 Å². The molecule has 0 bridgehead atoms. The number of hydrogen-bond donors (Lipinski definition) is 1. The van der Waals surface area contributed by atoms with Crippen LogP contribution in [-0.2, 0) is 4.79 Å². The van der Waals surface area contributed by atoms with Gasteiger partial charge in [-0.05, 0) is 19.5 Å². The van der Waals surface area contributed by atoms with Crippen LogP contribution in [0.25, 0.3) is 0 Å². The zero-order valence-corrected chi connectivity index (χ0v) is 10.2. The van der Waals surface area contributed by atoms with Gasteiger partial charge in [-0.15, -0.1) is 0 Å². The van der Waals surface area contributed by atoms with Crippen molar-refractivity contribution < 1.29 is 4.79 Å². The van der Waals surface area contributed by atoms with E-state index in [9.17, 15) is 4.79 Å². The molecule has 1 aromatic carbocycles. The number of anilines is 1. The van der Waals surface area contributed by atoms with E-state index < -0.39 is 0 Å². The Morgan fingerprint density at radius 1 is 1.44 bits per heavy atom. The molecular formula is C12H15ClN2O. The van der Waals surface area contributed by atoms with E-state index in [2.05, 4.69) is 5.32 Å². The molecule has 0 fully saturated rings. The highest BCUT2D eigenvalue weighted by atomic mass is 35.5. The number of rotatable bonds is 3. The molecule has 1 aliphatic rings. The van der Waals surface area contributed by atoms with Crippen LogP contribution < -0.4 is 10.2 Å². The topological polar surface area (TPSA) is 32.3 Å². The molecule has 4 heteroatoms. The summed E-state index contributed by atoms with van der Waals surface area (Å²) in [4.78, 5) is 13.9. The van der Waals surface area contributed by atoms with Gasteiger partial charge in [0.2, 0.25) is 5.91 Å². The van der Waals surface area contributed by atoms with Crippen molar-refractivity contribution in [1.82, 2.24) is 5.32 Å². The predicted molar refractivity (Wildman–Crippen MR) is 65.9 cm³/mol. The number of carbonyl (C=O) groups is 1. The van der Waals surface area contributed by atoms with Gasteiger partial charge in [-0.3, -0.25) is 4.79 Å². The number of hydrogen-bond acceptors (Lipinski definition) is 2. The maximum Gasteiger partial charge on any atom is 0.248 e. The Morgan fingerprint density at radius 3 is 2.81 bits per heavy atom. The van der Waals surface area contributed by atoms with Crippen molar-refractivity contribution in [3.05, 3.63) is 28.8 Å². The summed E-state index contributed by atoms with van der Waals surface area (Å²) >= 11 is 6.15. The van der Waals surface area contributed by atoms with Crippen molar-refractivity contribution in [2.45, 2.75) is 19.9 Å². The van der Waals surface area contributed by atoms with E-state index >= 15 is 0 Å². The van der Waals surface area contributed by atoms with Gasteiger partial charge in [-0.2, -0.15) is 0 Å². The number of fused-ring (bicyclic) bond motifs is 1. The third-order valence-corrected chi connectivity index (χ3v) is 3.14. The zero-order valence-electron chi connectivity index (χ0n) is 9.46. The molecule has 1 amide bonds. The minimum atomic E-state index is -0.237. The maximum absolute atomic E-state index is 12.1. The second kappa shape index (κ2) is 4.44. The first-order valence-corrected chi connectivity index (χ1v) is 5.91. The highest BCUT2D eigenvalue weighted by Gasteiger charge is 2.36. The molecule has 1 unspecified atom stereocenters. The SMILES string of the molecule is CCNC1C(=O)N(CC)c2c(Cl)cccc21. The third-order valence-electron chi connectivity index (χ3n) is 2.84. The molecule has 1 atom stereocenters. The molecule has 0 aromatic heterocycles. The van der Waals surface area contributed by atoms with Crippen LogP contribution in [0, 0.1) is 0 Å². The molecule has 0 saturated heterocycles. The lowest BCUT2D eigenvalue weighted by molar-refractivity contribution is -0.119. The third kappa shape index (κ3) is 1.60. The highest BCUT2D eigenvalue weighted by Crippen LogP contribution is 2.40. The minimum Gasteiger partial charge on any atom is -0.309 e. The van der Waals surface area contributed by atoms with Crippen molar-refractivity contribution >= 4 is 23.2 Å². The molecule has 0 saturated carbocycles. The van der Waals surface area contributed by atoms with Crippen LogP contribution >= 0.6 is 11.6 Å². The van der Waals surface area contributed by atoms with E-state index in [-0.39, 0.29) is 11.9 Å². The van der Waals surface area contributed by atoms with Crippen LogP contribution in [0.5, 0.6) is 0 Å². The quantitative estimate of drug-likeness (QED) is 0.877. The van der Waals surface area contributed by atoms with E-state index in [1.807, 2.05) is 32.0 Å². The molecule has 0 spiro atoms. The van der Waals surface area contributed by atoms with Crippen molar-refractivity contribution in [2.75, 3.05) is 18.0 Å². The van der Waals surface area contributed by atoms with E-state index in [0.717, 1.165) is 17.8 Å². The standard InChI is InChI=1S/C12H15ClN2O/c1-3-14-10-8-6-5-7-9(13)11(8)15(4-2)12(10)16/h5-7,10,14H,3-4H2,1-2H3. The van der Waals surface area contributed by atoms with Gasteiger partial charge in [0.1, 0.15) is 6.04 Å². The van der Waals surface area contributed by atoms with Gasteiger partial charge < -0.3 is 10.2 Å². The summed E-state index contributed by atoms with van der Waals surface area (Å²) < 4.78 is 0. The Kier molecular flexibility index (Phi) is 3.17. The average molecular weight is 239 g/mol. The smallest absolute Gasteiger partial charge is 0.248 e. The lowest BCUT2D eigenvalue weighted by Gasteiger charge is -2.16. The van der Waals surface area contributed by atoms with Gasteiger partial charge in [-0.1, -0.05) is 30.7 Å². The number of para-hydroxylation sites is 1. The van der Waals surface area contributed by atoms with Crippen molar-refractivity contribution in [1.29, 1.82) is 0 Å². The van der Waals surface area contributed by atoms with Crippen LogP contribution in [0.3, 0.4) is 0 Å². The number of likely N-dealkylation sites (N-methyl/N-ethyl adjacent to an activating group) is 2. The zero-order chi connectivity index (χ0) is 11.7. The summed E-state index contributed by atoms with van der Waals surface area (Å²) in [5.74, 6) is 0.0902. The summed E-state index contributed by atoms with van der Waals surface area (Å²) in [6, 6.07) is 5.43. The number of amides is 1. The maximum atomic E-state index is 12.1. The van der Waals surface area contributed by atoms with Crippen molar-refractivity contribution in [3.63, 3.8) is 0 Å². The van der Waals surface area contributed by atoms with Crippen LogP contribution in [-0.4, -0.2) is 19.0 Å². The van der Waals surface area contributed by atoms with Gasteiger partial charge in [0.15, 0.2) is 0 Å². The molecule has 1 N–H and O–H groups in total. The summed E-state index contributed by atoms with van der Waals surface area (Å²) in [5.41, 5.74) is 1.85. The van der Waals surface area contributed by atoms with Gasteiger partial charge >= 0.3 is 0 Å². The molecule has 0 aliphatic carbocycles. The van der Waals surface area contributed by atoms with Crippen LogP contribution in [0.2, 0.25) is 5.02 Å². The first-order valence-electron chi connectivity index (χ1n) is 5.53. The normalized spacial score (nSPS) is 19.1. The number of carbonyl (C=O) groups excluding carboxylic acids is 1.